The van der Waals surface area contributed by atoms with Crippen LogP contribution in [0.4, 0.5) is 0 Å². The van der Waals surface area contributed by atoms with Crippen molar-refractivity contribution in [2.75, 3.05) is 7.11 Å². The second kappa shape index (κ2) is 6.24. The topological polar surface area (TPSA) is 102 Å². The minimum Gasteiger partial charge on any atom is -0.512 e. The van der Waals surface area contributed by atoms with Gasteiger partial charge >= 0.3 is 13.3 Å². The Kier molecular flexibility index (Phi) is 4.95. The third kappa shape index (κ3) is 4.43. The van der Waals surface area contributed by atoms with Crippen molar-refractivity contribution in [3.05, 3.63) is 29.8 Å². The number of benzene rings is 1. The maximum absolute atomic E-state index is 10.6. The molecule has 0 saturated heterocycles. The van der Waals surface area contributed by atoms with Crippen LogP contribution in [0, 0.1) is 0 Å². The maximum atomic E-state index is 10.6. The molecule has 1 atom stereocenters. The van der Waals surface area contributed by atoms with E-state index in [2.05, 4.69) is 4.65 Å². The molecule has 0 bridgehead atoms. The number of carbonyl (C=O) groups is 1. The van der Waals surface area contributed by atoms with Crippen LogP contribution in [0.1, 0.15) is 5.56 Å². The molecule has 0 aliphatic heterocycles. The Morgan fingerprint density at radius 2 is 2.06 bits per heavy atom. The summed E-state index contributed by atoms with van der Waals surface area (Å²) in [6.07, 6.45) is 0.239. The number of hydrogen-bond donors (Lipinski definition) is 3. The van der Waals surface area contributed by atoms with Gasteiger partial charge in [-0.3, -0.25) is 4.79 Å². The van der Waals surface area contributed by atoms with Crippen LogP contribution in [-0.4, -0.2) is 36.6 Å². The predicted molar refractivity (Wildman–Crippen MR) is 61.4 cm³/mol. The fourth-order valence-electron chi connectivity index (χ4n) is 1.21. The summed E-state index contributed by atoms with van der Waals surface area (Å²) >= 11 is 0. The fraction of sp³-hybridized carbons (Fsp3) is 0.300. The van der Waals surface area contributed by atoms with E-state index in [4.69, 9.17) is 20.5 Å². The number of carboxylic acids is 1. The summed E-state index contributed by atoms with van der Waals surface area (Å²) in [5.41, 5.74) is 6.18. The Balaban J connectivity index is 2.58. The number of rotatable bonds is 6. The summed E-state index contributed by atoms with van der Waals surface area (Å²) in [5, 5.41) is 17.7. The van der Waals surface area contributed by atoms with E-state index in [1.807, 2.05) is 0 Å². The average Bonchev–Trinajstić information content (AvgIpc) is 2.31. The van der Waals surface area contributed by atoms with Crippen LogP contribution >= 0.6 is 0 Å². The molecule has 1 aromatic rings. The molecule has 6 nitrogen and oxygen atoms in total. The SMILES string of the molecule is COB(O)Oc1ccc(CC(N)C(=O)O)cc1. The predicted octanol–water partition coefficient (Wildman–Crippen LogP) is -0.357. The summed E-state index contributed by atoms with van der Waals surface area (Å²) in [6.45, 7) is 0. The Bertz CT molecular complexity index is 369. The lowest BCUT2D eigenvalue weighted by atomic mass is 10.1. The smallest absolute Gasteiger partial charge is 0.512 e. The van der Waals surface area contributed by atoms with Gasteiger partial charge in [-0.15, -0.1) is 0 Å². The van der Waals surface area contributed by atoms with E-state index < -0.39 is 19.3 Å². The van der Waals surface area contributed by atoms with Crippen LogP contribution in [-0.2, 0) is 15.9 Å². The molecule has 0 aromatic heterocycles. The van der Waals surface area contributed by atoms with Crippen molar-refractivity contribution >= 4 is 13.3 Å². The van der Waals surface area contributed by atoms with Gasteiger partial charge in [-0.1, -0.05) is 12.1 Å². The van der Waals surface area contributed by atoms with E-state index in [9.17, 15) is 4.79 Å². The number of hydrogen-bond acceptors (Lipinski definition) is 5. The first kappa shape index (κ1) is 13.5. The van der Waals surface area contributed by atoms with Crippen molar-refractivity contribution in [2.24, 2.45) is 5.73 Å². The molecule has 4 N–H and O–H groups in total. The first-order chi connectivity index (χ1) is 8.02. The highest BCUT2D eigenvalue weighted by Crippen LogP contribution is 2.13. The Hall–Kier alpha value is -1.57. The van der Waals surface area contributed by atoms with E-state index in [1.54, 1.807) is 24.3 Å². The molecule has 0 aliphatic carbocycles. The van der Waals surface area contributed by atoms with E-state index in [0.717, 1.165) is 5.56 Å². The van der Waals surface area contributed by atoms with Crippen LogP contribution < -0.4 is 10.4 Å². The quantitative estimate of drug-likeness (QED) is 0.586. The number of carboxylic acid groups (broad SMARTS) is 1. The minimum absolute atomic E-state index is 0.239. The molecular weight excluding hydrogens is 225 g/mol. The van der Waals surface area contributed by atoms with Gasteiger partial charge in [-0.25, -0.2) is 0 Å². The van der Waals surface area contributed by atoms with Crippen molar-refractivity contribution in [1.29, 1.82) is 0 Å². The van der Waals surface area contributed by atoms with E-state index in [1.165, 1.54) is 7.11 Å². The van der Waals surface area contributed by atoms with Crippen molar-refractivity contribution < 1.29 is 24.2 Å². The Morgan fingerprint density at radius 1 is 1.47 bits per heavy atom. The second-order valence-electron chi connectivity index (χ2n) is 3.45. The second-order valence-corrected chi connectivity index (χ2v) is 3.45. The fourth-order valence-corrected chi connectivity index (χ4v) is 1.21. The van der Waals surface area contributed by atoms with Gasteiger partial charge < -0.3 is 25.2 Å². The molecule has 0 amide bonds. The Morgan fingerprint density at radius 3 is 2.53 bits per heavy atom. The standard InChI is InChI=1S/C10H14BNO5/c1-16-11(15)17-8-4-2-7(3-5-8)6-9(12)10(13)14/h2-5,9,15H,6,12H2,1H3,(H,13,14). The first-order valence-electron chi connectivity index (χ1n) is 4.97. The summed E-state index contributed by atoms with van der Waals surface area (Å²) in [4.78, 5) is 10.6. The number of aliphatic carboxylic acids is 1. The van der Waals surface area contributed by atoms with Gasteiger partial charge in [-0.2, -0.15) is 0 Å². The maximum Gasteiger partial charge on any atom is 0.710 e. The van der Waals surface area contributed by atoms with Gasteiger partial charge in [0.1, 0.15) is 11.8 Å². The third-order valence-electron chi connectivity index (χ3n) is 2.13. The van der Waals surface area contributed by atoms with Gasteiger partial charge in [-0.05, 0) is 24.1 Å². The van der Waals surface area contributed by atoms with Gasteiger partial charge in [0, 0.05) is 7.11 Å². The van der Waals surface area contributed by atoms with Gasteiger partial charge in [0.15, 0.2) is 0 Å². The lowest BCUT2D eigenvalue weighted by Gasteiger charge is -2.09. The summed E-state index contributed by atoms with van der Waals surface area (Å²) in [5.74, 6) is -0.618. The highest BCUT2D eigenvalue weighted by Gasteiger charge is 2.16. The van der Waals surface area contributed by atoms with Crippen LogP contribution in [0.25, 0.3) is 0 Å². The largest absolute Gasteiger partial charge is 0.710 e. The zero-order chi connectivity index (χ0) is 12.8. The lowest BCUT2D eigenvalue weighted by molar-refractivity contribution is -0.138. The highest BCUT2D eigenvalue weighted by atomic mass is 16.7. The zero-order valence-corrected chi connectivity index (χ0v) is 9.37. The van der Waals surface area contributed by atoms with Gasteiger partial charge in [0.05, 0.1) is 0 Å². The third-order valence-corrected chi connectivity index (χ3v) is 2.13. The van der Waals surface area contributed by atoms with Crippen LogP contribution in [0.2, 0.25) is 0 Å². The molecule has 0 aliphatic rings. The molecule has 1 aromatic carbocycles. The van der Waals surface area contributed by atoms with E-state index in [0.29, 0.717) is 5.75 Å². The van der Waals surface area contributed by atoms with Crippen LogP contribution in [0.3, 0.4) is 0 Å². The minimum atomic E-state index is -1.32. The van der Waals surface area contributed by atoms with Crippen molar-refractivity contribution in [2.45, 2.75) is 12.5 Å². The molecule has 0 fully saturated rings. The lowest BCUT2D eigenvalue weighted by Crippen LogP contribution is -2.32. The van der Waals surface area contributed by atoms with E-state index >= 15 is 0 Å². The number of nitrogens with two attached hydrogens (primary N) is 1. The molecule has 1 unspecified atom stereocenters. The van der Waals surface area contributed by atoms with Crippen molar-refractivity contribution in [1.82, 2.24) is 0 Å². The molecule has 0 heterocycles. The summed E-state index contributed by atoms with van der Waals surface area (Å²) in [6, 6.07) is 5.64. The van der Waals surface area contributed by atoms with Gasteiger partial charge in [0.2, 0.25) is 0 Å². The molecular formula is C10H14BNO5. The molecule has 0 saturated carbocycles. The molecule has 0 spiro atoms. The molecule has 0 radical (unpaired) electrons. The van der Waals surface area contributed by atoms with Crippen LogP contribution in [0.15, 0.2) is 24.3 Å². The molecule has 92 valence electrons. The van der Waals surface area contributed by atoms with Crippen molar-refractivity contribution in [3.63, 3.8) is 0 Å². The van der Waals surface area contributed by atoms with Crippen LogP contribution in [0.5, 0.6) is 5.75 Å². The first-order valence-corrected chi connectivity index (χ1v) is 4.97. The highest BCUT2D eigenvalue weighted by molar-refractivity contribution is 6.35. The normalized spacial score (nSPS) is 11.9. The Labute approximate surface area is 99.1 Å². The summed E-state index contributed by atoms with van der Waals surface area (Å²) in [7, 11) is -0.00704. The van der Waals surface area contributed by atoms with Gasteiger partial charge in [0.25, 0.3) is 0 Å². The molecule has 1 rings (SSSR count). The molecule has 17 heavy (non-hydrogen) atoms. The van der Waals surface area contributed by atoms with Crippen molar-refractivity contribution in [3.8, 4) is 5.75 Å². The van der Waals surface area contributed by atoms with E-state index in [-0.39, 0.29) is 6.42 Å². The zero-order valence-electron chi connectivity index (χ0n) is 9.37. The average molecular weight is 239 g/mol. The summed E-state index contributed by atoms with van der Waals surface area (Å²) < 4.78 is 9.47. The monoisotopic (exact) mass is 239 g/mol. The molecule has 7 heteroatoms.